The van der Waals surface area contributed by atoms with Gasteiger partial charge in [-0.05, 0) is 60.4 Å². The first kappa shape index (κ1) is 22.7. The fourth-order valence-electron chi connectivity index (χ4n) is 2.59. The molecule has 0 saturated carbocycles. The number of esters is 1. The Balaban J connectivity index is 2.27. The van der Waals surface area contributed by atoms with E-state index < -0.39 is 11.9 Å². The second-order valence-corrected chi connectivity index (χ2v) is 6.67. The van der Waals surface area contributed by atoms with Crippen LogP contribution >= 0.6 is 11.6 Å². The Labute approximate surface area is 180 Å². The van der Waals surface area contributed by atoms with Gasteiger partial charge in [0.2, 0.25) is 0 Å². The third-order valence-electron chi connectivity index (χ3n) is 4.21. The molecule has 0 fully saturated rings. The predicted octanol–water partition coefficient (Wildman–Crippen LogP) is 4.47. The SMILES string of the molecule is C=CCc1cc(/C=C(/C#N)C(=O)Nc2cccc(Cl)c2C)ccc1OCC(=O)OC. The summed E-state index contributed by atoms with van der Waals surface area (Å²) in [6.07, 6.45) is 3.65. The molecule has 0 radical (unpaired) electrons. The van der Waals surface area contributed by atoms with Crippen LogP contribution in [0.5, 0.6) is 5.75 Å². The van der Waals surface area contributed by atoms with E-state index in [2.05, 4.69) is 16.6 Å². The number of carbonyl (C=O) groups is 2. The molecule has 2 aromatic rings. The van der Waals surface area contributed by atoms with E-state index in [1.165, 1.54) is 13.2 Å². The summed E-state index contributed by atoms with van der Waals surface area (Å²) in [5.74, 6) is -0.544. The van der Waals surface area contributed by atoms with Gasteiger partial charge in [0.1, 0.15) is 17.4 Å². The maximum atomic E-state index is 12.6. The Hall–Kier alpha value is -3.56. The van der Waals surface area contributed by atoms with Gasteiger partial charge in [-0.3, -0.25) is 4.79 Å². The topological polar surface area (TPSA) is 88.4 Å². The zero-order chi connectivity index (χ0) is 22.1. The van der Waals surface area contributed by atoms with Crippen molar-refractivity contribution in [2.75, 3.05) is 19.0 Å². The maximum Gasteiger partial charge on any atom is 0.343 e. The molecule has 0 atom stereocenters. The number of methoxy groups -OCH3 is 1. The third-order valence-corrected chi connectivity index (χ3v) is 4.62. The van der Waals surface area contributed by atoms with Crippen molar-refractivity contribution in [1.29, 1.82) is 5.26 Å². The van der Waals surface area contributed by atoms with Crippen molar-refractivity contribution in [1.82, 2.24) is 0 Å². The normalized spacial score (nSPS) is 10.7. The molecule has 0 saturated heterocycles. The van der Waals surface area contributed by atoms with Gasteiger partial charge in [-0.25, -0.2) is 4.79 Å². The van der Waals surface area contributed by atoms with Crippen LogP contribution in [0.3, 0.4) is 0 Å². The molecule has 0 aliphatic heterocycles. The van der Waals surface area contributed by atoms with Crippen LogP contribution in [0.15, 0.2) is 54.6 Å². The molecule has 30 heavy (non-hydrogen) atoms. The molecule has 0 aliphatic rings. The number of hydrogen-bond acceptors (Lipinski definition) is 5. The van der Waals surface area contributed by atoms with E-state index in [4.69, 9.17) is 16.3 Å². The van der Waals surface area contributed by atoms with Crippen LogP contribution in [0.4, 0.5) is 5.69 Å². The summed E-state index contributed by atoms with van der Waals surface area (Å²) < 4.78 is 10.1. The lowest BCUT2D eigenvalue weighted by atomic mass is 10.0. The lowest BCUT2D eigenvalue weighted by Gasteiger charge is -2.11. The van der Waals surface area contributed by atoms with E-state index in [1.807, 2.05) is 6.07 Å². The number of allylic oxidation sites excluding steroid dienone is 1. The minimum Gasteiger partial charge on any atom is -0.482 e. The Morgan fingerprint density at radius 3 is 2.73 bits per heavy atom. The molecule has 154 valence electrons. The first-order valence-electron chi connectivity index (χ1n) is 9.01. The van der Waals surface area contributed by atoms with Crippen molar-refractivity contribution in [2.24, 2.45) is 0 Å². The predicted molar refractivity (Wildman–Crippen MR) is 116 cm³/mol. The number of amides is 1. The Kier molecular flexibility index (Phi) is 8.21. The summed E-state index contributed by atoms with van der Waals surface area (Å²) in [7, 11) is 1.28. The van der Waals surface area contributed by atoms with Gasteiger partial charge in [-0.15, -0.1) is 6.58 Å². The molecule has 0 bridgehead atoms. The van der Waals surface area contributed by atoms with Crippen molar-refractivity contribution in [3.05, 3.63) is 76.3 Å². The van der Waals surface area contributed by atoms with E-state index in [1.54, 1.807) is 49.4 Å². The van der Waals surface area contributed by atoms with Gasteiger partial charge in [-0.1, -0.05) is 29.8 Å². The van der Waals surface area contributed by atoms with Crippen LogP contribution in [-0.4, -0.2) is 25.6 Å². The lowest BCUT2D eigenvalue weighted by molar-refractivity contribution is -0.142. The summed E-state index contributed by atoms with van der Waals surface area (Å²) in [4.78, 5) is 23.9. The molecule has 1 amide bonds. The van der Waals surface area contributed by atoms with E-state index in [0.717, 1.165) is 5.56 Å². The first-order valence-corrected chi connectivity index (χ1v) is 9.39. The number of halogens is 1. The summed E-state index contributed by atoms with van der Waals surface area (Å²) in [5.41, 5.74) is 2.57. The largest absolute Gasteiger partial charge is 0.482 e. The van der Waals surface area contributed by atoms with Crippen LogP contribution < -0.4 is 10.1 Å². The molecule has 0 spiro atoms. The third kappa shape index (κ3) is 5.97. The number of rotatable bonds is 8. The number of hydrogen-bond donors (Lipinski definition) is 1. The number of carbonyl (C=O) groups excluding carboxylic acids is 2. The molecule has 6 nitrogen and oxygen atoms in total. The Bertz CT molecular complexity index is 1040. The van der Waals surface area contributed by atoms with Gasteiger partial charge >= 0.3 is 5.97 Å². The molecule has 7 heteroatoms. The number of nitriles is 1. The Morgan fingerprint density at radius 2 is 2.07 bits per heavy atom. The fourth-order valence-corrected chi connectivity index (χ4v) is 2.76. The molecular formula is C23H21ClN2O4. The van der Waals surface area contributed by atoms with Crippen LogP contribution in [-0.2, 0) is 20.7 Å². The van der Waals surface area contributed by atoms with E-state index in [9.17, 15) is 14.9 Å². The minimum atomic E-state index is -0.542. The number of ether oxygens (including phenoxy) is 2. The summed E-state index contributed by atoms with van der Waals surface area (Å²) in [6.45, 7) is 5.27. The van der Waals surface area contributed by atoms with Crippen molar-refractivity contribution in [2.45, 2.75) is 13.3 Å². The monoisotopic (exact) mass is 424 g/mol. The van der Waals surface area contributed by atoms with Crippen LogP contribution in [0.25, 0.3) is 6.08 Å². The van der Waals surface area contributed by atoms with E-state index in [-0.39, 0.29) is 12.2 Å². The summed E-state index contributed by atoms with van der Waals surface area (Å²) in [6, 6.07) is 12.2. The number of benzene rings is 2. The molecule has 0 unspecified atom stereocenters. The molecule has 2 rings (SSSR count). The van der Waals surface area contributed by atoms with Gasteiger partial charge in [0, 0.05) is 10.7 Å². The number of anilines is 1. The minimum absolute atomic E-state index is 0.0674. The molecule has 1 N–H and O–H groups in total. The molecule has 0 heterocycles. The van der Waals surface area contributed by atoms with Crippen LogP contribution in [0, 0.1) is 18.3 Å². The van der Waals surface area contributed by atoms with E-state index in [0.29, 0.717) is 34.0 Å². The van der Waals surface area contributed by atoms with Crippen molar-refractivity contribution >= 4 is 35.2 Å². The lowest BCUT2D eigenvalue weighted by Crippen LogP contribution is -2.14. The van der Waals surface area contributed by atoms with Gasteiger partial charge in [0.25, 0.3) is 5.91 Å². The highest BCUT2D eigenvalue weighted by Crippen LogP contribution is 2.25. The molecular weight excluding hydrogens is 404 g/mol. The summed E-state index contributed by atoms with van der Waals surface area (Å²) >= 11 is 6.08. The summed E-state index contributed by atoms with van der Waals surface area (Å²) in [5, 5.41) is 12.7. The second kappa shape index (κ2) is 10.8. The van der Waals surface area contributed by atoms with E-state index >= 15 is 0 Å². The van der Waals surface area contributed by atoms with Crippen molar-refractivity contribution in [3.8, 4) is 11.8 Å². The van der Waals surface area contributed by atoms with Gasteiger partial charge in [0.15, 0.2) is 6.61 Å². The highest BCUT2D eigenvalue weighted by molar-refractivity contribution is 6.31. The van der Waals surface area contributed by atoms with Crippen molar-refractivity contribution < 1.29 is 19.1 Å². The van der Waals surface area contributed by atoms with Gasteiger partial charge < -0.3 is 14.8 Å². The molecule has 2 aromatic carbocycles. The number of nitrogens with zero attached hydrogens (tertiary/aromatic N) is 1. The standard InChI is InChI=1S/C23H21ClN2O4/c1-4-6-17-11-16(9-10-21(17)30-14-22(27)29-3)12-18(13-25)23(28)26-20-8-5-7-19(24)15(20)2/h4-5,7-12H,1,6,14H2,2-3H3,(H,26,28)/b18-12-. The van der Waals surface area contributed by atoms with Gasteiger partial charge in [-0.2, -0.15) is 5.26 Å². The quantitative estimate of drug-likeness (QED) is 0.292. The fraction of sp³-hybridized carbons (Fsp3) is 0.174. The average Bonchev–Trinajstić information content (AvgIpc) is 2.74. The molecule has 0 aliphatic carbocycles. The Morgan fingerprint density at radius 1 is 1.30 bits per heavy atom. The smallest absolute Gasteiger partial charge is 0.343 e. The second-order valence-electron chi connectivity index (χ2n) is 6.26. The van der Waals surface area contributed by atoms with Crippen molar-refractivity contribution in [3.63, 3.8) is 0 Å². The maximum absolute atomic E-state index is 12.6. The first-order chi connectivity index (χ1) is 14.4. The zero-order valence-electron chi connectivity index (χ0n) is 16.7. The highest BCUT2D eigenvalue weighted by Gasteiger charge is 2.13. The average molecular weight is 425 g/mol. The zero-order valence-corrected chi connectivity index (χ0v) is 17.5. The molecule has 0 aromatic heterocycles. The van der Waals surface area contributed by atoms with Crippen LogP contribution in [0.2, 0.25) is 5.02 Å². The number of nitrogens with one attached hydrogen (secondary N) is 1. The van der Waals surface area contributed by atoms with Crippen LogP contribution in [0.1, 0.15) is 16.7 Å². The highest BCUT2D eigenvalue weighted by atomic mass is 35.5. The van der Waals surface area contributed by atoms with Gasteiger partial charge in [0.05, 0.1) is 7.11 Å².